The molecule has 4 rings (SSSR count). The second kappa shape index (κ2) is 7.75. The minimum atomic E-state index is -0.299. The number of fused-ring (bicyclic) bond motifs is 1. The third-order valence-corrected chi connectivity index (χ3v) is 5.28. The summed E-state index contributed by atoms with van der Waals surface area (Å²) in [6.45, 7) is 2.80. The lowest BCUT2D eigenvalue weighted by Gasteiger charge is -2.13. The number of thioether (sulfide) groups is 1. The fourth-order valence-corrected chi connectivity index (χ4v) is 3.61. The molecule has 1 aromatic heterocycles. The number of anilines is 1. The maximum atomic E-state index is 12.6. The standard InChI is InChI=1S/C20H19N3O3S/c1-14(19(24)22-16-7-8-17-18(11-16)26-13-25-17)27-20-21-9-10-23(20)12-15-5-3-2-4-6-15/h2-11,14H,12-13H2,1H3,(H,22,24)/t14-/m1/s1. The van der Waals surface area contributed by atoms with E-state index in [-0.39, 0.29) is 18.0 Å². The normalized spacial score (nSPS) is 13.4. The molecule has 0 bridgehead atoms. The predicted molar refractivity (Wildman–Crippen MR) is 104 cm³/mol. The molecule has 0 aliphatic carbocycles. The van der Waals surface area contributed by atoms with Crippen molar-refractivity contribution in [3.63, 3.8) is 0 Å². The van der Waals surface area contributed by atoms with Crippen LogP contribution in [0, 0.1) is 0 Å². The Morgan fingerprint density at radius 2 is 2.04 bits per heavy atom. The summed E-state index contributed by atoms with van der Waals surface area (Å²) in [5.41, 5.74) is 1.87. The van der Waals surface area contributed by atoms with Crippen molar-refractivity contribution < 1.29 is 14.3 Å². The molecule has 1 aliphatic heterocycles. The van der Waals surface area contributed by atoms with Gasteiger partial charge in [0.2, 0.25) is 12.7 Å². The van der Waals surface area contributed by atoms with Gasteiger partial charge in [0.25, 0.3) is 0 Å². The number of nitrogens with zero attached hydrogens (tertiary/aromatic N) is 2. The van der Waals surface area contributed by atoms with Crippen LogP contribution in [0.15, 0.2) is 66.1 Å². The second-order valence-corrected chi connectivity index (χ2v) is 7.45. The predicted octanol–water partition coefficient (Wildman–Crippen LogP) is 3.78. The lowest BCUT2D eigenvalue weighted by Crippen LogP contribution is -2.23. The lowest BCUT2D eigenvalue weighted by molar-refractivity contribution is -0.115. The van der Waals surface area contributed by atoms with Crippen molar-refractivity contribution in [2.75, 3.05) is 12.1 Å². The highest BCUT2D eigenvalue weighted by Gasteiger charge is 2.19. The molecule has 0 unspecified atom stereocenters. The topological polar surface area (TPSA) is 65.4 Å². The number of imidazole rings is 1. The van der Waals surface area contributed by atoms with E-state index in [0.29, 0.717) is 17.2 Å². The third-order valence-electron chi connectivity index (χ3n) is 4.16. The summed E-state index contributed by atoms with van der Waals surface area (Å²) in [6.07, 6.45) is 3.69. The van der Waals surface area contributed by atoms with Crippen LogP contribution >= 0.6 is 11.8 Å². The summed E-state index contributed by atoms with van der Waals surface area (Å²) in [5.74, 6) is 1.25. The number of carbonyl (C=O) groups is 1. The van der Waals surface area contributed by atoms with Crippen molar-refractivity contribution >= 4 is 23.4 Å². The van der Waals surface area contributed by atoms with Gasteiger partial charge in [-0.2, -0.15) is 0 Å². The Bertz CT molecular complexity index is 943. The Balaban J connectivity index is 1.40. The van der Waals surface area contributed by atoms with Crippen molar-refractivity contribution in [3.8, 4) is 11.5 Å². The molecule has 3 aromatic rings. The summed E-state index contributed by atoms with van der Waals surface area (Å²) >= 11 is 1.43. The van der Waals surface area contributed by atoms with Crippen LogP contribution in [0.3, 0.4) is 0 Å². The Labute approximate surface area is 161 Å². The Kier molecular flexibility index (Phi) is 5.02. The van der Waals surface area contributed by atoms with Gasteiger partial charge in [-0.1, -0.05) is 42.1 Å². The van der Waals surface area contributed by atoms with Crippen molar-refractivity contribution in [2.45, 2.75) is 23.9 Å². The maximum Gasteiger partial charge on any atom is 0.237 e. The van der Waals surface area contributed by atoms with Gasteiger partial charge in [-0.05, 0) is 24.6 Å². The van der Waals surface area contributed by atoms with Crippen LogP contribution in [-0.2, 0) is 11.3 Å². The maximum absolute atomic E-state index is 12.6. The van der Waals surface area contributed by atoms with Gasteiger partial charge >= 0.3 is 0 Å². The minimum Gasteiger partial charge on any atom is -0.454 e. The minimum absolute atomic E-state index is 0.0897. The van der Waals surface area contributed by atoms with Gasteiger partial charge in [-0.25, -0.2) is 4.98 Å². The number of benzene rings is 2. The van der Waals surface area contributed by atoms with Crippen LogP contribution in [0.4, 0.5) is 5.69 Å². The van der Waals surface area contributed by atoms with Gasteiger partial charge in [0.05, 0.1) is 5.25 Å². The highest BCUT2D eigenvalue weighted by Crippen LogP contribution is 2.34. The Morgan fingerprint density at radius 3 is 2.89 bits per heavy atom. The summed E-state index contributed by atoms with van der Waals surface area (Å²) in [6, 6.07) is 15.5. The molecule has 0 saturated heterocycles. The number of amides is 1. The molecule has 2 aromatic carbocycles. The largest absolute Gasteiger partial charge is 0.454 e. The zero-order valence-corrected chi connectivity index (χ0v) is 15.6. The molecule has 0 spiro atoms. The fourth-order valence-electron chi connectivity index (χ4n) is 2.74. The van der Waals surface area contributed by atoms with E-state index in [1.54, 1.807) is 24.4 Å². The van der Waals surface area contributed by atoms with E-state index in [2.05, 4.69) is 22.4 Å². The zero-order valence-electron chi connectivity index (χ0n) is 14.8. The molecule has 7 heteroatoms. The van der Waals surface area contributed by atoms with E-state index in [9.17, 15) is 4.79 Å². The van der Waals surface area contributed by atoms with Crippen molar-refractivity contribution in [2.24, 2.45) is 0 Å². The quantitative estimate of drug-likeness (QED) is 0.658. The summed E-state index contributed by atoms with van der Waals surface area (Å²) in [4.78, 5) is 17.0. The molecule has 0 fully saturated rings. The van der Waals surface area contributed by atoms with Gasteiger partial charge in [0.1, 0.15) is 0 Å². The number of rotatable bonds is 6. The van der Waals surface area contributed by atoms with Gasteiger partial charge in [0.15, 0.2) is 16.7 Å². The molecule has 1 aliphatic rings. The molecule has 0 radical (unpaired) electrons. The SMILES string of the molecule is C[C@@H](Sc1nccn1Cc1ccccc1)C(=O)Nc1ccc2c(c1)OCO2. The number of aromatic nitrogens is 2. The molecule has 2 heterocycles. The monoisotopic (exact) mass is 381 g/mol. The second-order valence-electron chi connectivity index (χ2n) is 6.14. The van der Waals surface area contributed by atoms with Crippen LogP contribution in [0.2, 0.25) is 0 Å². The van der Waals surface area contributed by atoms with Crippen LogP contribution < -0.4 is 14.8 Å². The van der Waals surface area contributed by atoms with Crippen LogP contribution in [0.1, 0.15) is 12.5 Å². The summed E-state index contributed by atoms with van der Waals surface area (Å²) < 4.78 is 12.7. The van der Waals surface area contributed by atoms with E-state index < -0.39 is 0 Å². The average molecular weight is 381 g/mol. The van der Waals surface area contributed by atoms with Gasteiger partial charge in [-0.15, -0.1) is 0 Å². The van der Waals surface area contributed by atoms with Crippen molar-refractivity contribution in [3.05, 3.63) is 66.5 Å². The third kappa shape index (κ3) is 4.09. The molecular weight excluding hydrogens is 362 g/mol. The Morgan fingerprint density at radius 1 is 1.22 bits per heavy atom. The fraction of sp³-hybridized carbons (Fsp3) is 0.200. The molecule has 1 atom stereocenters. The number of ether oxygens (including phenoxy) is 2. The van der Waals surface area contributed by atoms with E-state index >= 15 is 0 Å². The van der Waals surface area contributed by atoms with Gasteiger partial charge in [-0.3, -0.25) is 4.79 Å². The average Bonchev–Trinajstić information content (AvgIpc) is 3.31. The molecule has 0 saturated carbocycles. The molecule has 1 amide bonds. The van der Waals surface area contributed by atoms with Crippen LogP contribution in [0.5, 0.6) is 11.5 Å². The molecule has 27 heavy (non-hydrogen) atoms. The smallest absolute Gasteiger partial charge is 0.237 e. The number of carbonyl (C=O) groups excluding carboxylic acids is 1. The Hall–Kier alpha value is -2.93. The number of hydrogen-bond donors (Lipinski definition) is 1. The van der Waals surface area contributed by atoms with Crippen molar-refractivity contribution in [1.82, 2.24) is 9.55 Å². The van der Waals surface area contributed by atoms with Crippen molar-refractivity contribution in [1.29, 1.82) is 0 Å². The first-order valence-corrected chi connectivity index (χ1v) is 9.49. The first-order valence-electron chi connectivity index (χ1n) is 8.61. The van der Waals surface area contributed by atoms with E-state index in [1.807, 2.05) is 35.9 Å². The van der Waals surface area contributed by atoms with Crippen LogP contribution in [0.25, 0.3) is 0 Å². The van der Waals surface area contributed by atoms with Gasteiger partial charge < -0.3 is 19.4 Å². The van der Waals surface area contributed by atoms with E-state index in [0.717, 1.165) is 11.7 Å². The highest BCUT2D eigenvalue weighted by molar-refractivity contribution is 8.00. The highest BCUT2D eigenvalue weighted by atomic mass is 32.2. The number of nitrogens with one attached hydrogen (secondary N) is 1. The molecule has 138 valence electrons. The first kappa shape index (κ1) is 17.5. The zero-order chi connectivity index (χ0) is 18.6. The number of hydrogen-bond acceptors (Lipinski definition) is 5. The van der Waals surface area contributed by atoms with Crippen LogP contribution in [-0.4, -0.2) is 27.5 Å². The molecule has 6 nitrogen and oxygen atoms in total. The van der Waals surface area contributed by atoms with E-state index in [1.165, 1.54) is 17.3 Å². The molecular formula is C20H19N3O3S. The molecule has 1 N–H and O–H groups in total. The lowest BCUT2D eigenvalue weighted by atomic mass is 10.2. The summed E-state index contributed by atoms with van der Waals surface area (Å²) in [5, 5.41) is 3.43. The van der Waals surface area contributed by atoms with Gasteiger partial charge in [0, 0.05) is 30.7 Å². The van der Waals surface area contributed by atoms with E-state index in [4.69, 9.17) is 9.47 Å². The summed E-state index contributed by atoms with van der Waals surface area (Å²) in [7, 11) is 0. The first-order chi connectivity index (χ1) is 13.2.